The summed E-state index contributed by atoms with van der Waals surface area (Å²) in [5.41, 5.74) is 1.26. The van der Waals surface area contributed by atoms with Crippen molar-refractivity contribution >= 4 is 44.5 Å². The molecule has 1 amide bonds. The van der Waals surface area contributed by atoms with Crippen molar-refractivity contribution in [2.75, 3.05) is 12.4 Å². The lowest BCUT2D eigenvalue weighted by atomic mass is 10.2. The molecule has 8 heteroatoms. The first-order valence-electron chi connectivity index (χ1n) is 8.10. The summed E-state index contributed by atoms with van der Waals surface area (Å²) in [5.74, 6) is 0.339. The van der Waals surface area contributed by atoms with Crippen LogP contribution in [0.2, 0.25) is 0 Å². The Morgan fingerprint density at radius 1 is 1.26 bits per heavy atom. The normalized spacial score (nSPS) is 10.9. The van der Waals surface area contributed by atoms with E-state index < -0.39 is 0 Å². The second kappa shape index (κ2) is 7.34. The third-order valence-electron chi connectivity index (χ3n) is 4.01. The Balaban J connectivity index is 1.62. The van der Waals surface area contributed by atoms with Gasteiger partial charge in [0.2, 0.25) is 5.91 Å². The van der Waals surface area contributed by atoms with E-state index in [2.05, 4.69) is 10.3 Å². The maximum absolute atomic E-state index is 12.9. The quantitative estimate of drug-likeness (QED) is 0.555. The number of aromatic nitrogens is 2. The minimum Gasteiger partial charge on any atom is -0.497 e. The minimum absolute atomic E-state index is 0.112. The number of carbonyl (C=O) groups excluding carboxylic acids is 1. The Morgan fingerprint density at radius 3 is 2.93 bits per heavy atom. The Hall–Kier alpha value is -2.97. The molecule has 3 heterocycles. The van der Waals surface area contributed by atoms with Gasteiger partial charge < -0.3 is 10.1 Å². The number of rotatable bonds is 5. The number of hydrogen-bond acceptors (Lipinski definition) is 6. The van der Waals surface area contributed by atoms with Crippen LogP contribution in [-0.2, 0) is 11.3 Å². The van der Waals surface area contributed by atoms with Gasteiger partial charge in [0.1, 0.15) is 17.1 Å². The molecule has 0 aliphatic rings. The first-order chi connectivity index (χ1) is 13.2. The van der Waals surface area contributed by atoms with Crippen molar-refractivity contribution in [2.45, 2.75) is 6.54 Å². The number of nitrogens with zero attached hydrogens (tertiary/aromatic N) is 2. The number of benzene rings is 1. The van der Waals surface area contributed by atoms with Gasteiger partial charge in [-0.1, -0.05) is 12.1 Å². The standard InChI is InChI=1S/C19H15N3O3S2/c1-25-13-5-2-4-12(8-13)21-16(23)9-22-11-20-18-17(19(22)24)14(10-27-18)15-6-3-7-26-15/h2-8,10-11H,9H2,1H3,(H,21,23). The predicted octanol–water partition coefficient (Wildman–Crippen LogP) is 3.83. The molecule has 0 radical (unpaired) electrons. The van der Waals surface area contributed by atoms with Crippen LogP contribution in [0.1, 0.15) is 0 Å². The molecule has 0 aliphatic carbocycles. The largest absolute Gasteiger partial charge is 0.497 e. The van der Waals surface area contributed by atoms with E-state index in [0.29, 0.717) is 21.7 Å². The molecule has 4 rings (SSSR count). The van der Waals surface area contributed by atoms with E-state index in [1.165, 1.54) is 22.2 Å². The fraction of sp³-hybridized carbons (Fsp3) is 0.105. The minimum atomic E-state index is -0.306. The summed E-state index contributed by atoms with van der Waals surface area (Å²) in [4.78, 5) is 31.3. The summed E-state index contributed by atoms with van der Waals surface area (Å²) in [6, 6.07) is 11.0. The van der Waals surface area contributed by atoms with Crippen molar-refractivity contribution in [3.8, 4) is 16.2 Å². The van der Waals surface area contributed by atoms with E-state index in [1.807, 2.05) is 22.9 Å². The number of amides is 1. The third-order valence-corrected chi connectivity index (χ3v) is 5.80. The lowest BCUT2D eigenvalue weighted by Gasteiger charge is -2.08. The molecule has 1 N–H and O–H groups in total. The van der Waals surface area contributed by atoms with Crippen LogP contribution in [0.4, 0.5) is 5.69 Å². The summed E-state index contributed by atoms with van der Waals surface area (Å²) in [6.45, 7) is -0.112. The molecule has 3 aromatic heterocycles. The van der Waals surface area contributed by atoms with E-state index in [-0.39, 0.29) is 18.0 Å². The van der Waals surface area contributed by atoms with Crippen molar-refractivity contribution in [1.82, 2.24) is 9.55 Å². The molecule has 0 fully saturated rings. The van der Waals surface area contributed by atoms with Gasteiger partial charge in [-0.3, -0.25) is 14.2 Å². The van der Waals surface area contributed by atoms with Crippen LogP contribution in [0.3, 0.4) is 0 Å². The fourth-order valence-electron chi connectivity index (χ4n) is 2.75. The van der Waals surface area contributed by atoms with Gasteiger partial charge >= 0.3 is 0 Å². The highest BCUT2D eigenvalue weighted by atomic mass is 32.1. The number of hydrogen-bond donors (Lipinski definition) is 1. The van der Waals surface area contributed by atoms with Gasteiger partial charge in [0.25, 0.3) is 5.56 Å². The summed E-state index contributed by atoms with van der Waals surface area (Å²) in [7, 11) is 1.56. The van der Waals surface area contributed by atoms with Gasteiger partial charge in [-0.15, -0.1) is 22.7 Å². The first-order valence-corrected chi connectivity index (χ1v) is 9.86. The number of ether oxygens (including phenoxy) is 1. The summed E-state index contributed by atoms with van der Waals surface area (Å²) in [5, 5.41) is 7.23. The van der Waals surface area contributed by atoms with Crippen LogP contribution in [0.5, 0.6) is 5.75 Å². The van der Waals surface area contributed by atoms with E-state index >= 15 is 0 Å². The molecule has 0 atom stereocenters. The average Bonchev–Trinajstić information content (AvgIpc) is 3.33. The Morgan fingerprint density at radius 2 is 2.15 bits per heavy atom. The van der Waals surface area contributed by atoms with Crippen LogP contribution in [0, 0.1) is 0 Å². The molecule has 0 saturated carbocycles. The third kappa shape index (κ3) is 3.49. The van der Waals surface area contributed by atoms with E-state index in [9.17, 15) is 9.59 Å². The molecule has 0 unspecified atom stereocenters. The topological polar surface area (TPSA) is 73.2 Å². The van der Waals surface area contributed by atoms with Gasteiger partial charge in [-0.2, -0.15) is 0 Å². The van der Waals surface area contributed by atoms with Crippen LogP contribution < -0.4 is 15.6 Å². The summed E-state index contributed by atoms with van der Waals surface area (Å²) in [6.07, 6.45) is 1.42. The number of thiophene rings is 2. The number of methoxy groups -OCH3 is 1. The van der Waals surface area contributed by atoms with Crippen LogP contribution >= 0.6 is 22.7 Å². The van der Waals surface area contributed by atoms with Crippen molar-refractivity contribution in [3.63, 3.8) is 0 Å². The van der Waals surface area contributed by atoms with Crippen LogP contribution in [0.15, 0.2) is 58.3 Å². The highest BCUT2D eigenvalue weighted by Gasteiger charge is 2.15. The van der Waals surface area contributed by atoms with Crippen molar-refractivity contribution in [2.24, 2.45) is 0 Å². The number of nitrogens with one attached hydrogen (secondary N) is 1. The highest BCUT2D eigenvalue weighted by Crippen LogP contribution is 2.33. The van der Waals surface area contributed by atoms with Crippen LogP contribution in [-0.4, -0.2) is 22.6 Å². The summed E-state index contributed by atoms with van der Waals surface area (Å²) < 4.78 is 6.48. The van der Waals surface area contributed by atoms with E-state index in [4.69, 9.17) is 4.74 Å². The lowest BCUT2D eigenvalue weighted by molar-refractivity contribution is -0.116. The zero-order valence-corrected chi connectivity index (χ0v) is 16.0. The number of fused-ring (bicyclic) bond motifs is 1. The average molecular weight is 397 g/mol. The Bertz CT molecular complexity index is 1160. The SMILES string of the molecule is COc1cccc(NC(=O)Cn2cnc3scc(-c4cccs4)c3c2=O)c1. The lowest BCUT2D eigenvalue weighted by Crippen LogP contribution is -2.27. The molecule has 136 valence electrons. The number of carbonyl (C=O) groups is 1. The smallest absolute Gasteiger partial charge is 0.263 e. The van der Waals surface area contributed by atoms with Crippen molar-refractivity contribution in [1.29, 1.82) is 0 Å². The molecular weight excluding hydrogens is 382 g/mol. The Kier molecular flexibility index (Phi) is 4.74. The second-order valence-electron chi connectivity index (χ2n) is 5.76. The van der Waals surface area contributed by atoms with E-state index in [0.717, 1.165) is 10.4 Å². The van der Waals surface area contributed by atoms with Gasteiger partial charge in [0.15, 0.2) is 0 Å². The molecule has 0 bridgehead atoms. The fourth-order valence-corrected chi connectivity index (χ4v) is 4.47. The molecule has 6 nitrogen and oxygen atoms in total. The molecule has 1 aromatic carbocycles. The zero-order valence-electron chi connectivity index (χ0n) is 14.3. The van der Waals surface area contributed by atoms with Gasteiger partial charge in [0, 0.05) is 27.6 Å². The van der Waals surface area contributed by atoms with Gasteiger partial charge in [-0.05, 0) is 23.6 Å². The first kappa shape index (κ1) is 17.4. The van der Waals surface area contributed by atoms with Crippen molar-refractivity contribution in [3.05, 3.63) is 63.8 Å². The van der Waals surface area contributed by atoms with Crippen LogP contribution in [0.25, 0.3) is 20.7 Å². The maximum Gasteiger partial charge on any atom is 0.263 e. The molecular formula is C19H15N3O3S2. The second-order valence-corrected chi connectivity index (χ2v) is 7.57. The monoisotopic (exact) mass is 397 g/mol. The highest BCUT2D eigenvalue weighted by molar-refractivity contribution is 7.18. The molecule has 0 saturated heterocycles. The van der Waals surface area contributed by atoms with Gasteiger partial charge in [-0.25, -0.2) is 4.98 Å². The van der Waals surface area contributed by atoms with E-state index in [1.54, 1.807) is 42.7 Å². The molecule has 27 heavy (non-hydrogen) atoms. The van der Waals surface area contributed by atoms with Gasteiger partial charge in [0.05, 0.1) is 18.8 Å². The van der Waals surface area contributed by atoms with Crippen molar-refractivity contribution < 1.29 is 9.53 Å². The maximum atomic E-state index is 12.9. The molecule has 0 aliphatic heterocycles. The predicted molar refractivity (Wildman–Crippen MR) is 109 cm³/mol. The molecule has 4 aromatic rings. The summed E-state index contributed by atoms with van der Waals surface area (Å²) >= 11 is 3.00. The number of anilines is 1. The molecule has 0 spiro atoms. The Labute approximate surface area is 162 Å². The zero-order chi connectivity index (χ0) is 18.8.